The maximum Gasteiger partial charge on any atom is 1.00 e. The SMILES string of the molecule is CC(C)(C)c1ccc(C(=O)O)cc1.[H-].[H-].[K+].[Na+]. The Labute approximate surface area is 159 Å². The van der Waals surface area contributed by atoms with E-state index in [1.807, 2.05) is 12.1 Å². The molecule has 0 aliphatic heterocycles. The zero-order valence-corrected chi connectivity index (χ0v) is 15.3. The first-order valence-corrected chi connectivity index (χ1v) is 4.25. The first kappa shape index (κ1) is 18.7. The van der Waals surface area contributed by atoms with Crippen LogP contribution in [0.1, 0.15) is 39.5 Å². The number of benzene rings is 1. The van der Waals surface area contributed by atoms with Crippen LogP contribution in [0.25, 0.3) is 0 Å². The van der Waals surface area contributed by atoms with Gasteiger partial charge in [-0.15, -0.1) is 0 Å². The fourth-order valence-electron chi connectivity index (χ4n) is 1.11. The molecule has 0 aromatic heterocycles. The molecule has 1 N–H and O–H groups in total. The van der Waals surface area contributed by atoms with Gasteiger partial charge in [-0.1, -0.05) is 32.9 Å². The fraction of sp³-hybridized carbons (Fsp3) is 0.364. The van der Waals surface area contributed by atoms with Crippen molar-refractivity contribution in [3.8, 4) is 0 Å². The van der Waals surface area contributed by atoms with Crippen molar-refractivity contribution in [2.75, 3.05) is 0 Å². The minimum Gasteiger partial charge on any atom is -1.00 e. The van der Waals surface area contributed by atoms with Gasteiger partial charge in [0.1, 0.15) is 0 Å². The molecule has 1 aromatic carbocycles. The van der Waals surface area contributed by atoms with Gasteiger partial charge in [0.2, 0.25) is 0 Å². The summed E-state index contributed by atoms with van der Waals surface area (Å²) in [6, 6.07) is 7.01. The maximum atomic E-state index is 10.6. The molecule has 4 heteroatoms. The molecule has 0 saturated carbocycles. The van der Waals surface area contributed by atoms with Crippen molar-refractivity contribution in [2.45, 2.75) is 26.2 Å². The Hall–Kier alpha value is 1.33. The molecular weight excluding hydrogens is 226 g/mol. The zero-order chi connectivity index (χ0) is 10.1. The van der Waals surface area contributed by atoms with Gasteiger partial charge in [0.15, 0.2) is 0 Å². The molecule has 74 valence electrons. The molecule has 1 rings (SSSR count). The van der Waals surface area contributed by atoms with E-state index in [1.165, 1.54) is 0 Å². The number of hydrogen-bond donors (Lipinski definition) is 1. The minimum absolute atomic E-state index is 0. The van der Waals surface area contributed by atoms with E-state index in [9.17, 15) is 4.79 Å². The molecule has 0 aliphatic rings. The number of carboxylic acids is 1. The quantitative estimate of drug-likeness (QED) is 0.530. The van der Waals surface area contributed by atoms with Gasteiger partial charge in [-0.3, -0.25) is 0 Å². The molecule has 15 heavy (non-hydrogen) atoms. The summed E-state index contributed by atoms with van der Waals surface area (Å²) in [5.41, 5.74) is 1.57. The van der Waals surface area contributed by atoms with Crippen LogP contribution >= 0.6 is 0 Å². The second kappa shape index (κ2) is 7.61. The van der Waals surface area contributed by atoms with Crippen molar-refractivity contribution in [1.82, 2.24) is 0 Å². The normalized spacial score (nSPS) is 9.80. The molecule has 0 heterocycles. The molecule has 0 bridgehead atoms. The molecule has 0 radical (unpaired) electrons. The topological polar surface area (TPSA) is 37.3 Å². The molecule has 1 aromatic rings. The Balaban J connectivity index is -0.000000211. The maximum absolute atomic E-state index is 10.6. The molecule has 0 atom stereocenters. The van der Waals surface area contributed by atoms with Crippen LogP contribution in [0.4, 0.5) is 0 Å². The Morgan fingerprint density at radius 2 is 1.60 bits per heavy atom. The molecule has 0 aliphatic carbocycles. The minimum atomic E-state index is -0.875. The third-order valence-electron chi connectivity index (χ3n) is 2.00. The van der Waals surface area contributed by atoms with Crippen molar-refractivity contribution >= 4 is 5.97 Å². The van der Waals surface area contributed by atoms with E-state index in [0.717, 1.165) is 5.56 Å². The Morgan fingerprint density at radius 1 is 1.20 bits per heavy atom. The Morgan fingerprint density at radius 3 is 1.87 bits per heavy atom. The van der Waals surface area contributed by atoms with Crippen LogP contribution in [-0.2, 0) is 5.41 Å². The standard InChI is InChI=1S/C11H14O2.K.Na.2H/c1-11(2,3)9-6-4-8(5-7-9)10(12)13;;;;/h4-7H,1-3H3,(H,12,13);;;;/q;2*+1;2*-1. The van der Waals surface area contributed by atoms with Crippen molar-refractivity contribution in [3.05, 3.63) is 35.4 Å². The summed E-state index contributed by atoms with van der Waals surface area (Å²) in [6.07, 6.45) is 0. The first-order valence-electron chi connectivity index (χ1n) is 4.25. The second-order valence-corrected chi connectivity index (χ2v) is 4.13. The largest absolute Gasteiger partial charge is 1.00 e. The number of carbonyl (C=O) groups is 1. The average Bonchev–Trinajstić information content (AvgIpc) is 2.03. The van der Waals surface area contributed by atoms with E-state index in [1.54, 1.807) is 12.1 Å². The van der Waals surface area contributed by atoms with Gasteiger partial charge in [0.25, 0.3) is 0 Å². The van der Waals surface area contributed by atoms with Crippen molar-refractivity contribution in [2.24, 2.45) is 0 Å². The zero-order valence-electron chi connectivity index (χ0n) is 12.2. The third kappa shape index (κ3) is 5.98. The summed E-state index contributed by atoms with van der Waals surface area (Å²) in [7, 11) is 0. The molecule has 2 nitrogen and oxygen atoms in total. The fourth-order valence-corrected chi connectivity index (χ4v) is 1.11. The van der Waals surface area contributed by atoms with E-state index >= 15 is 0 Å². The summed E-state index contributed by atoms with van der Waals surface area (Å²) < 4.78 is 0. The van der Waals surface area contributed by atoms with E-state index in [0.29, 0.717) is 5.56 Å². The Kier molecular flexibility index (Phi) is 9.48. The van der Waals surface area contributed by atoms with E-state index in [2.05, 4.69) is 20.8 Å². The van der Waals surface area contributed by atoms with Crippen molar-refractivity contribution in [1.29, 1.82) is 0 Å². The summed E-state index contributed by atoms with van der Waals surface area (Å²) in [5.74, 6) is -0.875. The molecule has 0 fully saturated rings. The van der Waals surface area contributed by atoms with Crippen LogP contribution in [0, 0.1) is 0 Å². The van der Waals surface area contributed by atoms with Crippen LogP contribution in [-0.4, -0.2) is 11.1 Å². The second-order valence-electron chi connectivity index (χ2n) is 4.13. The summed E-state index contributed by atoms with van der Waals surface area (Å²) in [6.45, 7) is 6.30. The van der Waals surface area contributed by atoms with Gasteiger partial charge in [-0.25, -0.2) is 4.79 Å². The van der Waals surface area contributed by atoms with Gasteiger partial charge in [-0.05, 0) is 23.1 Å². The van der Waals surface area contributed by atoms with Crippen LogP contribution < -0.4 is 80.9 Å². The van der Waals surface area contributed by atoms with E-state index in [4.69, 9.17) is 5.11 Å². The summed E-state index contributed by atoms with van der Waals surface area (Å²) in [5, 5.41) is 8.68. The molecule has 0 unspecified atom stereocenters. The van der Waals surface area contributed by atoms with Crippen LogP contribution in [0.3, 0.4) is 0 Å². The predicted molar refractivity (Wildman–Crippen MR) is 54.3 cm³/mol. The number of hydrogen-bond acceptors (Lipinski definition) is 1. The molecule has 0 spiro atoms. The van der Waals surface area contributed by atoms with Gasteiger partial charge in [0.05, 0.1) is 5.56 Å². The predicted octanol–water partition coefficient (Wildman–Crippen LogP) is -3.08. The number of carboxylic acid groups (broad SMARTS) is 1. The van der Waals surface area contributed by atoms with Gasteiger partial charge in [-0.2, -0.15) is 0 Å². The molecule has 0 amide bonds. The van der Waals surface area contributed by atoms with E-state index in [-0.39, 0.29) is 89.2 Å². The van der Waals surface area contributed by atoms with E-state index < -0.39 is 5.97 Å². The van der Waals surface area contributed by atoms with Crippen molar-refractivity contribution in [3.63, 3.8) is 0 Å². The number of rotatable bonds is 1. The van der Waals surface area contributed by atoms with Gasteiger partial charge < -0.3 is 7.96 Å². The monoisotopic (exact) mass is 242 g/mol. The van der Waals surface area contributed by atoms with Gasteiger partial charge >= 0.3 is 86.9 Å². The van der Waals surface area contributed by atoms with Crippen LogP contribution in [0.15, 0.2) is 24.3 Å². The smallest absolute Gasteiger partial charge is 1.00 e. The molecular formula is C11H16KNaO2. The summed E-state index contributed by atoms with van der Waals surface area (Å²) in [4.78, 5) is 10.6. The average molecular weight is 242 g/mol. The number of aromatic carboxylic acids is 1. The van der Waals surface area contributed by atoms with Crippen LogP contribution in [0.2, 0.25) is 0 Å². The Bertz CT molecular complexity index is 323. The van der Waals surface area contributed by atoms with Gasteiger partial charge in [0, 0.05) is 0 Å². The third-order valence-corrected chi connectivity index (χ3v) is 2.00. The van der Waals surface area contributed by atoms with Crippen LogP contribution in [0.5, 0.6) is 0 Å². The first-order chi connectivity index (χ1) is 5.91. The van der Waals surface area contributed by atoms with Crippen molar-refractivity contribution < 1.29 is 93.7 Å². The summed E-state index contributed by atoms with van der Waals surface area (Å²) >= 11 is 0. The molecule has 0 saturated heterocycles.